The zero-order chi connectivity index (χ0) is 11.7. The van der Waals surface area contributed by atoms with Gasteiger partial charge in [-0.1, -0.05) is 19.1 Å². The van der Waals surface area contributed by atoms with Crippen LogP contribution in [-0.2, 0) is 9.59 Å². The summed E-state index contributed by atoms with van der Waals surface area (Å²) >= 11 is 1.37. The van der Waals surface area contributed by atoms with Gasteiger partial charge in [0.2, 0.25) is 0 Å². The van der Waals surface area contributed by atoms with E-state index in [1.807, 2.05) is 19.1 Å². The molecule has 1 N–H and O–H groups in total. The van der Waals surface area contributed by atoms with Crippen LogP contribution in [0.5, 0.6) is 0 Å². The van der Waals surface area contributed by atoms with Gasteiger partial charge in [-0.25, -0.2) is 0 Å². The number of Topliss-reactive ketones (excluding diaryl/α,β-unsaturated/α-hetero) is 1. The molecule has 0 fully saturated rings. The van der Waals surface area contributed by atoms with Crippen LogP contribution >= 0.6 is 11.8 Å². The van der Waals surface area contributed by atoms with Crippen molar-refractivity contribution in [1.82, 2.24) is 0 Å². The number of rotatable bonds is 8. The van der Waals surface area contributed by atoms with E-state index in [-0.39, 0.29) is 11.5 Å². The topological polar surface area (TPSA) is 54.4 Å². The van der Waals surface area contributed by atoms with Gasteiger partial charge >= 0.3 is 5.97 Å². The molecule has 0 bridgehead atoms. The second kappa shape index (κ2) is 8.53. The SMILES string of the molecule is CCC=CCCC(C(=O)O)C(=O)CSC. The molecule has 4 heteroatoms. The molecule has 3 nitrogen and oxygen atoms in total. The van der Waals surface area contributed by atoms with Gasteiger partial charge in [-0.2, -0.15) is 11.8 Å². The van der Waals surface area contributed by atoms with Crippen molar-refractivity contribution < 1.29 is 14.7 Å². The molecule has 0 radical (unpaired) electrons. The van der Waals surface area contributed by atoms with Gasteiger partial charge in [0, 0.05) is 0 Å². The minimum atomic E-state index is -1.00. The number of ketones is 1. The molecule has 0 saturated carbocycles. The summed E-state index contributed by atoms with van der Waals surface area (Å²) < 4.78 is 0. The maximum Gasteiger partial charge on any atom is 0.314 e. The molecule has 0 aromatic heterocycles. The van der Waals surface area contributed by atoms with Crippen LogP contribution in [0.4, 0.5) is 0 Å². The van der Waals surface area contributed by atoms with Gasteiger partial charge in [0.05, 0.1) is 5.75 Å². The van der Waals surface area contributed by atoms with Gasteiger partial charge in [-0.05, 0) is 25.5 Å². The number of hydrogen-bond donors (Lipinski definition) is 1. The highest BCUT2D eigenvalue weighted by Crippen LogP contribution is 2.12. The summed E-state index contributed by atoms with van der Waals surface area (Å²) in [6.45, 7) is 2.02. The Bertz CT molecular complexity index is 236. The number of allylic oxidation sites excluding steroid dienone is 2. The predicted molar refractivity (Wildman–Crippen MR) is 63.2 cm³/mol. The molecule has 0 aromatic rings. The predicted octanol–water partition coefficient (Wildman–Crippen LogP) is 2.37. The third kappa shape index (κ3) is 6.33. The van der Waals surface area contributed by atoms with Crippen molar-refractivity contribution >= 4 is 23.5 Å². The van der Waals surface area contributed by atoms with E-state index in [0.717, 1.165) is 6.42 Å². The van der Waals surface area contributed by atoms with Crippen molar-refractivity contribution in [3.05, 3.63) is 12.2 Å². The maximum absolute atomic E-state index is 11.4. The summed E-state index contributed by atoms with van der Waals surface area (Å²) in [5.74, 6) is -1.73. The first kappa shape index (κ1) is 14.2. The Balaban J connectivity index is 4.10. The lowest BCUT2D eigenvalue weighted by molar-refractivity contribution is -0.145. The molecule has 15 heavy (non-hydrogen) atoms. The van der Waals surface area contributed by atoms with Gasteiger partial charge in [0.1, 0.15) is 5.92 Å². The second-order valence-corrected chi connectivity index (χ2v) is 4.11. The quantitative estimate of drug-likeness (QED) is 0.514. The highest BCUT2D eigenvalue weighted by molar-refractivity contribution is 7.99. The van der Waals surface area contributed by atoms with Crippen LogP contribution in [0, 0.1) is 5.92 Å². The summed E-state index contributed by atoms with van der Waals surface area (Å²) in [5, 5.41) is 8.87. The van der Waals surface area contributed by atoms with Crippen molar-refractivity contribution in [3.63, 3.8) is 0 Å². The summed E-state index contributed by atoms with van der Waals surface area (Å²) in [6.07, 6.45) is 7.72. The summed E-state index contributed by atoms with van der Waals surface area (Å²) in [4.78, 5) is 22.2. The largest absolute Gasteiger partial charge is 0.481 e. The van der Waals surface area contributed by atoms with Crippen molar-refractivity contribution in [2.45, 2.75) is 26.2 Å². The van der Waals surface area contributed by atoms with Crippen LogP contribution in [0.2, 0.25) is 0 Å². The van der Waals surface area contributed by atoms with E-state index in [0.29, 0.717) is 12.8 Å². The zero-order valence-electron chi connectivity index (χ0n) is 9.23. The molecule has 0 amide bonds. The first-order valence-corrected chi connectivity index (χ1v) is 6.42. The average Bonchev–Trinajstić information content (AvgIpc) is 2.17. The molecule has 86 valence electrons. The van der Waals surface area contributed by atoms with Crippen LogP contribution in [0.1, 0.15) is 26.2 Å². The van der Waals surface area contributed by atoms with Crippen molar-refractivity contribution in [2.24, 2.45) is 5.92 Å². The van der Waals surface area contributed by atoms with Gasteiger partial charge in [-0.15, -0.1) is 0 Å². The standard InChI is InChI=1S/C11H18O3S/c1-3-4-5-6-7-9(11(13)14)10(12)8-15-2/h4-5,9H,3,6-8H2,1-2H3,(H,13,14). The third-order valence-corrected chi connectivity index (χ3v) is 2.57. The van der Waals surface area contributed by atoms with Gasteiger partial charge < -0.3 is 5.11 Å². The number of thioether (sulfide) groups is 1. The second-order valence-electron chi connectivity index (χ2n) is 3.25. The first-order valence-electron chi connectivity index (χ1n) is 5.02. The molecule has 0 aliphatic heterocycles. The van der Waals surface area contributed by atoms with Crippen LogP contribution in [0.25, 0.3) is 0 Å². The number of carboxylic acid groups (broad SMARTS) is 1. The molecular formula is C11H18O3S. The van der Waals surface area contributed by atoms with E-state index in [1.54, 1.807) is 6.26 Å². The molecule has 1 atom stereocenters. The van der Waals surface area contributed by atoms with Crippen molar-refractivity contribution in [3.8, 4) is 0 Å². The lowest BCUT2D eigenvalue weighted by Crippen LogP contribution is -2.25. The normalized spacial score (nSPS) is 12.9. The minimum Gasteiger partial charge on any atom is -0.481 e. The van der Waals surface area contributed by atoms with Crippen LogP contribution in [-0.4, -0.2) is 28.9 Å². The van der Waals surface area contributed by atoms with Crippen LogP contribution in [0.15, 0.2) is 12.2 Å². The Morgan fingerprint density at radius 3 is 2.53 bits per heavy atom. The minimum absolute atomic E-state index is 0.181. The molecule has 1 unspecified atom stereocenters. The molecule has 0 saturated heterocycles. The molecule has 0 aliphatic rings. The molecule has 0 aliphatic carbocycles. The van der Waals surface area contributed by atoms with Gasteiger partial charge in [0.15, 0.2) is 5.78 Å². The molecule has 0 aromatic carbocycles. The van der Waals surface area contributed by atoms with Gasteiger partial charge in [0.25, 0.3) is 0 Å². The molecule has 0 spiro atoms. The number of carbonyl (C=O) groups is 2. The van der Waals surface area contributed by atoms with E-state index in [2.05, 4.69) is 0 Å². The Kier molecular flexibility index (Phi) is 8.09. The average molecular weight is 230 g/mol. The molecular weight excluding hydrogens is 212 g/mol. The fourth-order valence-electron chi connectivity index (χ4n) is 1.21. The monoisotopic (exact) mass is 230 g/mol. The lowest BCUT2D eigenvalue weighted by Gasteiger charge is -2.08. The zero-order valence-corrected chi connectivity index (χ0v) is 10.0. The van der Waals surface area contributed by atoms with E-state index < -0.39 is 11.9 Å². The van der Waals surface area contributed by atoms with E-state index in [1.165, 1.54) is 11.8 Å². The van der Waals surface area contributed by atoms with Crippen molar-refractivity contribution in [1.29, 1.82) is 0 Å². The number of carboxylic acids is 1. The van der Waals surface area contributed by atoms with Crippen LogP contribution in [0.3, 0.4) is 0 Å². The van der Waals surface area contributed by atoms with E-state index >= 15 is 0 Å². The summed E-state index contributed by atoms with van der Waals surface area (Å²) in [7, 11) is 0. The Hall–Kier alpha value is -0.770. The third-order valence-electron chi connectivity index (χ3n) is 2.00. The first-order chi connectivity index (χ1) is 7.13. The van der Waals surface area contributed by atoms with Crippen LogP contribution < -0.4 is 0 Å². The van der Waals surface area contributed by atoms with Crippen molar-refractivity contribution in [2.75, 3.05) is 12.0 Å². The molecule has 0 rings (SSSR count). The van der Waals surface area contributed by atoms with E-state index in [4.69, 9.17) is 5.11 Å². The number of aliphatic carboxylic acids is 1. The molecule has 0 heterocycles. The fraction of sp³-hybridized carbons (Fsp3) is 0.636. The summed E-state index contributed by atoms with van der Waals surface area (Å²) in [6, 6.07) is 0. The number of carbonyl (C=O) groups excluding carboxylic acids is 1. The number of hydrogen-bond acceptors (Lipinski definition) is 3. The Morgan fingerprint density at radius 2 is 2.07 bits per heavy atom. The highest BCUT2D eigenvalue weighted by Gasteiger charge is 2.24. The highest BCUT2D eigenvalue weighted by atomic mass is 32.2. The summed E-state index contributed by atoms with van der Waals surface area (Å²) in [5.41, 5.74) is 0. The Labute approximate surface area is 94.9 Å². The van der Waals surface area contributed by atoms with E-state index in [9.17, 15) is 9.59 Å². The van der Waals surface area contributed by atoms with Gasteiger partial charge in [-0.3, -0.25) is 9.59 Å². The maximum atomic E-state index is 11.4. The smallest absolute Gasteiger partial charge is 0.314 e. The lowest BCUT2D eigenvalue weighted by atomic mass is 9.99. The Morgan fingerprint density at radius 1 is 1.40 bits per heavy atom. The fourth-order valence-corrected chi connectivity index (χ4v) is 1.70.